The Morgan fingerprint density at radius 2 is 1.07 bits per heavy atom. The summed E-state index contributed by atoms with van der Waals surface area (Å²) in [6.45, 7) is 0. The van der Waals surface area contributed by atoms with Gasteiger partial charge >= 0.3 is 0 Å². The summed E-state index contributed by atoms with van der Waals surface area (Å²) in [5.41, 5.74) is 11.6. The van der Waals surface area contributed by atoms with E-state index in [0.717, 1.165) is 23.7 Å². The molecule has 0 aliphatic heterocycles. The van der Waals surface area contributed by atoms with Crippen LogP contribution >= 0.6 is 0 Å². The first kappa shape index (κ1) is 23.3. The lowest BCUT2D eigenvalue weighted by atomic mass is 9.43. The molecule has 0 radical (unpaired) electrons. The number of nitrogens with zero attached hydrogens (tertiary/aromatic N) is 1. The Hall–Kier alpha value is -4.23. The number of aromatic nitrogens is 1. The van der Waals surface area contributed by atoms with E-state index in [1.54, 1.807) is 11.1 Å². The summed E-state index contributed by atoms with van der Waals surface area (Å²) >= 11 is 0. The second kappa shape index (κ2) is 8.42. The zero-order valence-electron chi connectivity index (χ0n) is 23.8. The standard InChI is InChI=1S/C41H33N/c1-3-12-35-33(10-1)39(34-11-2-4-13-36(34)40(35)28-8-7-17-42-24-28)27-15-16-32-31-9-5-6-14-37(31)41(38(32)23-27)29-19-25-18-26(21-29)22-30(41)20-25/h1-17,23-26,29-30H,18-22H2. The van der Waals surface area contributed by atoms with Crippen molar-refractivity contribution in [2.45, 2.75) is 37.5 Å². The van der Waals surface area contributed by atoms with Crippen molar-refractivity contribution in [3.8, 4) is 33.4 Å². The minimum Gasteiger partial charge on any atom is -0.264 e. The van der Waals surface area contributed by atoms with Gasteiger partial charge in [0.05, 0.1) is 0 Å². The first-order chi connectivity index (χ1) is 20.8. The van der Waals surface area contributed by atoms with Crippen molar-refractivity contribution >= 4 is 21.5 Å². The topological polar surface area (TPSA) is 12.9 Å². The maximum absolute atomic E-state index is 4.50. The highest BCUT2D eigenvalue weighted by molar-refractivity contribution is 6.21. The molecule has 5 aliphatic carbocycles. The van der Waals surface area contributed by atoms with Crippen molar-refractivity contribution in [3.63, 3.8) is 0 Å². The first-order valence-electron chi connectivity index (χ1n) is 15.9. The molecule has 11 rings (SSSR count). The minimum absolute atomic E-state index is 0.177. The fourth-order valence-corrected chi connectivity index (χ4v) is 10.6. The van der Waals surface area contributed by atoms with Crippen LogP contribution in [0.5, 0.6) is 0 Å². The molecule has 0 atom stereocenters. The highest BCUT2D eigenvalue weighted by Crippen LogP contribution is 2.69. The third kappa shape index (κ3) is 2.92. The predicted molar refractivity (Wildman–Crippen MR) is 173 cm³/mol. The molecule has 0 amide bonds. The zero-order chi connectivity index (χ0) is 27.4. The Balaban J connectivity index is 1.27. The summed E-state index contributed by atoms with van der Waals surface area (Å²) in [6.07, 6.45) is 11.0. The normalized spacial score (nSPS) is 26.7. The number of hydrogen-bond acceptors (Lipinski definition) is 1. The van der Waals surface area contributed by atoms with E-state index < -0.39 is 0 Å². The monoisotopic (exact) mass is 539 g/mol. The van der Waals surface area contributed by atoms with Crippen LogP contribution in [-0.2, 0) is 5.41 Å². The van der Waals surface area contributed by atoms with Gasteiger partial charge in [-0.2, -0.15) is 0 Å². The molecule has 1 aromatic heterocycles. The molecule has 0 saturated heterocycles. The molecule has 4 bridgehead atoms. The van der Waals surface area contributed by atoms with Crippen molar-refractivity contribution < 1.29 is 0 Å². The van der Waals surface area contributed by atoms with Crippen LogP contribution in [0.25, 0.3) is 54.9 Å². The average Bonchev–Trinajstić information content (AvgIpc) is 3.32. The molecule has 4 fully saturated rings. The van der Waals surface area contributed by atoms with E-state index in [2.05, 4.69) is 108 Å². The minimum atomic E-state index is 0.177. The molecule has 1 spiro atoms. The maximum atomic E-state index is 4.50. The summed E-state index contributed by atoms with van der Waals surface area (Å²) in [5.74, 6) is 3.44. The smallest absolute Gasteiger partial charge is 0.0346 e. The van der Waals surface area contributed by atoms with E-state index >= 15 is 0 Å². The molecule has 6 aromatic rings. The molecule has 42 heavy (non-hydrogen) atoms. The van der Waals surface area contributed by atoms with Crippen molar-refractivity contribution in [2.24, 2.45) is 23.7 Å². The fourth-order valence-electron chi connectivity index (χ4n) is 10.6. The van der Waals surface area contributed by atoms with Gasteiger partial charge in [0.15, 0.2) is 0 Å². The highest BCUT2D eigenvalue weighted by Gasteiger charge is 2.61. The Bertz CT molecular complexity index is 1970. The Labute approximate surface area is 247 Å². The number of fused-ring (bicyclic) bond motifs is 5. The Morgan fingerprint density at radius 3 is 1.69 bits per heavy atom. The SMILES string of the molecule is c1cncc(-c2c3ccccc3c(-c3ccc4c(c3)C3(c5ccccc5-4)C4CC5CC(C4)CC3C5)c3ccccc23)c1. The summed E-state index contributed by atoms with van der Waals surface area (Å²) in [6, 6.07) is 39.3. The highest BCUT2D eigenvalue weighted by atomic mass is 14.6. The summed E-state index contributed by atoms with van der Waals surface area (Å²) in [7, 11) is 0. The number of pyridine rings is 1. The fraction of sp³-hybridized carbons (Fsp3) is 0.244. The van der Waals surface area contributed by atoms with Gasteiger partial charge in [-0.25, -0.2) is 0 Å². The third-order valence-corrected chi connectivity index (χ3v) is 11.7. The van der Waals surface area contributed by atoms with E-state index in [0.29, 0.717) is 0 Å². The predicted octanol–water partition coefficient (Wildman–Crippen LogP) is 10.4. The van der Waals surface area contributed by atoms with Crippen LogP contribution in [0.4, 0.5) is 0 Å². The summed E-state index contributed by atoms with van der Waals surface area (Å²) in [5, 5.41) is 5.24. The Morgan fingerprint density at radius 1 is 0.500 bits per heavy atom. The lowest BCUT2D eigenvalue weighted by Crippen LogP contribution is -2.55. The molecule has 1 heteroatoms. The van der Waals surface area contributed by atoms with Gasteiger partial charge in [0.25, 0.3) is 0 Å². The van der Waals surface area contributed by atoms with Gasteiger partial charge in [0, 0.05) is 23.4 Å². The number of hydrogen-bond donors (Lipinski definition) is 0. The van der Waals surface area contributed by atoms with Gasteiger partial charge in [-0.15, -0.1) is 0 Å². The van der Waals surface area contributed by atoms with Crippen LogP contribution in [-0.4, -0.2) is 4.98 Å². The van der Waals surface area contributed by atoms with Crippen molar-refractivity contribution in [1.29, 1.82) is 0 Å². The molecular weight excluding hydrogens is 506 g/mol. The molecule has 202 valence electrons. The van der Waals surface area contributed by atoms with Gasteiger partial charge in [-0.3, -0.25) is 4.98 Å². The van der Waals surface area contributed by atoms with Gasteiger partial charge in [0.1, 0.15) is 0 Å². The van der Waals surface area contributed by atoms with Gasteiger partial charge < -0.3 is 0 Å². The van der Waals surface area contributed by atoms with E-state index in [4.69, 9.17) is 0 Å². The lowest BCUT2D eigenvalue weighted by Gasteiger charge is -2.61. The molecule has 1 heterocycles. The molecular formula is C41H33N. The van der Waals surface area contributed by atoms with Crippen LogP contribution in [0.3, 0.4) is 0 Å². The van der Waals surface area contributed by atoms with Gasteiger partial charge in [-0.05, 0) is 128 Å². The molecule has 4 saturated carbocycles. The Kier molecular flexibility index (Phi) is 4.68. The lowest BCUT2D eigenvalue weighted by molar-refractivity contribution is -0.0399. The van der Waals surface area contributed by atoms with Crippen molar-refractivity contribution in [1.82, 2.24) is 4.98 Å². The van der Waals surface area contributed by atoms with Crippen LogP contribution in [0.15, 0.2) is 116 Å². The van der Waals surface area contributed by atoms with Crippen molar-refractivity contribution in [2.75, 3.05) is 0 Å². The zero-order valence-corrected chi connectivity index (χ0v) is 23.8. The number of rotatable bonds is 2. The quantitative estimate of drug-likeness (QED) is 0.199. The summed E-state index contributed by atoms with van der Waals surface area (Å²) in [4.78, 5) is 4.50. The average molecular weight is 540 g/mol. The molecule has 5 aliphatic rings. The van der Waals surface area contributed by atoms with E-state index in [1.165, 1.54) is 87.0 Å². The molecule has 0 unspecified atom stereocenters. The van der Waals surface area contributed by atoms with Gasteiger partial charge in [0.2, 0.25) is 0 Å². The van der Waals surface area contributed by atoms with Crippen LogP contribution in [0, 0.1) is 23.7 Å². The third-order valence-electron chi connectivity index (χ3n) is 11.7. The van der Waals surface area contributed by atoms with Crippen LogP contribution in [0.2, 0.25) is 0 Å². The second-order valence-corrected chi connectivity index (χ2v) is 13.6. The van der Waals surface area contributed by atoms with Crippen LogP contribution < -0.4 is 0 Å². The number of benzene rings is 5. The van der Waals surface area contributed by atoms with Crippen LogP contribution in [0.1, 0.15) is 43.2 Å². The van der Waals surface area contributed by atoms with Gasteiger partial charge in [-0.1, -0.05) is 91.0 Å². The largest absolute Gasteiger partial charge is 0.264 e. The van der Waals surface area contributed by atoms with E-state index in [9.17, 15) is 0 Å². The summed E-state index contributed by atoms with van der Waals surface area (Å²) < 4.78 is 0. The van der Waals surface area contributed by atoms with E-state index in [-0.39, 0.29) is 5.41 Å². The molecule has 5 aromatic carbocycles. The first-order valence-corrected chi connectivity index (χ1v) is 15.9. The molecule has 0 N–H and O–H groups in total. The second-order valence-electron chi connectivity index (χ2n) is 13.6. The molecule has 1 nitrogen and oxygen atoms in total. The van der Waals surface area contributed by atoms with Crippen molar-refractivity contribution in [3.05, 3.63) is 127 Å². The van der Waals surface area contributed by atoms with E-state index in [1.807, 2.05) is 12.4 Å². The maximum Gasteiger partial charge on any atom is 0.0346 e.